The summed E-state index contributed by atoms with van der Waals surface area (Å²) in [4.78, 5) is 23.4. The third kappa shape index (κ3) is 5.56. The van der Waals surface area contributed by atoms with Gasteiger partial charge in [-0.3, -0.25) is 9.59 Å². The molecule has 1 aliphatic heterocycles. The van der Waals surface area contributed by atoms with Gasteiger partial charge in [0.05, 0.1) is 0 Å². The Labute approximate surface area is 136 Å². The summed E-state index contributed by atoms with van der Waals surface area (Å²) in [7, 11) is 0. The van der Waals surface area contributed by atoms with Crippen molar-refractivity contribution in [1.29, 1.82) is 0 Å². The Morgan fingerprint density at radius 2 is 2.04 bits per heavy atom. The molecule has 2 rings (SSSR count). The van der Waals surface area contributed by atoms with Crippen molar-refractivity contribution in [3.8, 4) is 5.75 Å². The highest BCUT2D eigenvalue weighted by molar-refractivity contribution is 5.81. The molecule has 0 radical (unpaired) electrons. The lowest BCUT2D eigenvalue weighted by atomic mass is 10.1. The minimum Gasteiger partial charge on any atom is -0.484 e. The Kier molecular flexibility index (Phi) is 6.40. The zero-order chi connectivity index (χ0) is 16.7. The van der Waals surface area contributed by atoms with Gasteiger partial charge >= 0.3 is 0 Å². The first-order chi connectivity index (χ1) is 11.1. The first-order valence-corrected chi connectivity index (χ1v) is 7.92. The molecule has 0 saturated carbocycles. The molecule has 1 aromatic rings. The van der Waals surface area contributed by atoms with E-state index in [2.05, 4.69) is 10.6 Å². The highest BCUT2D eigenvalue weighted by atomic mass is 16.5. The molecule has 6 nitrogen and oxygen atoms in total. The van der Waals surface area contributed by atoms with E-state index in [0.717, 1.165) is 24.0 Å². The van der Waals surface area contributed by atoms with E-state index in [1.54, 1.807) is 0 Å². The number of amides is 2. The van der Waals surface area contributed by atoms with Crippen LogP contribution in [0.15, 0.2) is 18.2 Å². The Morgan fingerprint density at radius 3 is 2.74 bits per heavy atom. The Hall–Kier alpha value is -2.08. The van der Waals surface area contributed by atoms with E-state index in [1.807, 2.05) is 32.0 Å². The highest BCUT2D eigenvalue weighted by Crippen LogP contribution is 2.18. The number of hydrogen-bond acceptors (Lipinski definition) is 4. The molecule has 0 bridgehead atoms. The molecule has 1 aliphatic rings. The van der Waals surface area contributed by atoms with Crippen LogP contribution in [0.5, 0.6) is 5.75 Å². The number of carbonyl (C=O) groups is 2. The fourth-order valence-corrected chi connectivity index (χ4v) is 2.44. The summed E-state index contributed by atoms with van der Waals surface area (Å²) < 4.78 is 10.8. The molecule has 1 saturated heterocycles. The lowest BCUT2D eigenvalue weighted by molar-refractivity contribution is -0.130. The van der Waals surface area contributed by atoms with Crippen LogP contribution in [0.25, 0.3) is 0 Å². The molecule has 0 aliphatic carbocycles. The Bertz CT molecular complexity index is 554. The quantitative estimate of drug-likeness (QED) is 0.738. The zero-order valence-electron chi connectivity index (χ0n) is 13.7. The lowest BCUT2D eigenvalue weighted by Crippen LogP contribution is -2.40. The molecular weight excluding hydrogens is 296 g/mol. The third-order valence-corrected chi connectivity index (χ3v) is 3.66. The van der Waals surface area contributed by atoms with Crippen LogP contribution >= 0.6 is 0 Å². The van der Waals surface area contributed by atoms with Crippen molar-refractivity contribution in [2.24, 2.45) is 0 Å². The van der Waals surface area contributed by atoms with Crippen molar-refractivity contribution in [2.75, 3.05) is 26.3 Å². The van der Waals surface area contributed by atoms with Gasteiger partial charge in [-0.05, 0) is 38.3 Å². The van der Waals surface area contributed by atoms with Gasteiger partial charge in [0.25, 0.3) is 5.91 Å². The number of ether oxygens (including phenoxy) is 2. The second-order valence-corrected chi connectivity index (χ2v) is 5.70. The SMILES string of the molecule is Cc1ccc(OCC(=O)NCCNC(=O)C2CCCO2)c(C)c1. The van der Waals surface area contributed by atoms with Crippen LogP contribution < -0.4 is 15.4 Å². The van der Waals surface area contributed by atoms with Gasteiger partial charge in [0.1, 0.15) is 11.9 Å². The maximum absolute atomic E-state index is 11.7. The summed E-state index contributed by atoms with van der Waals surface area (Å²) in [6, 6.07) is 5.81. The number of benzene rings is 1. The minimum absolute atomic E-state index is 0.0381. The zero-order valence-corrected chi connectivity index (χ0v) is 13.7. The van der Waals surface area contributed by atoms with Crippen LogP contribution in [-0.2, 0) is 14.3 Å². The van der Waals surface area contributed by atoms with E-state index in [-0.39, 0.29) is 24.5 Å². The summed E-state index contributed by atoms with van der Waals surface area (Å²) in [5.74, 6) is 0.386. The van der Waals surface area contributed by atoms with E-state index >= 15 is 0 Å². The first kappa shape index (κ1) is 17.3. The number of nitrogens with one attached hydrogen (secondary N) is 2. The van der Waals surface area contributed by atoms with Gasteiger partial charge in [0, 0.05) is 19.7 Å². The van der Waals surface area contributed by atoms with Crippen LogP contribution in [0, 0.1) is 13.8 Å². The van der Waals surface area contributed by atoms with E-state index in [1.165, 1.54) is 0 Å². The smallest absolute Gasteiger partial charge is 0.258 e. The molecule has 1 unspecified atom stereocenters. The van der Waals surface area contributed by atoms with Gasteiger partial charge in [-0.15, -0.1) is 0 Å². The monoisotopic (exact) mass is 320 g/mol. The average Bonchev–Trinajstić information content (AvgIpc) is 3.05. The van der Waals surface area contributed by atoms with Gasteiger partial charge in [-0.1, -0.05) is 17.7 Å². The second-order valence-electron chi connectivity index (χ2n) is 5.70. The lowest BCUT2D eigenvalue weighted by Gasteiger charge is -2.12. The number of hydrogen-bond donors (Lipinski definition) is 2. The summed E-state index contributed by atoms with van der Waals surface area (Å²) in [5.41, 5.74) is 2.16. The molecule has 6 heteroatoms. The number of rotatable bonds is 7. The van der Waals surface area contributed by atoms with E-state index in [4.69, 9.17) is 9.47 Å². The standard InChI is InChI=1S/C17H24N2O4/c1-12-5-6-14(13(2)10-12)23-11-16(20)18-7-8-19-17(21)15-4-3-9-22-15/h5-6,10,15H,3-4,7-9,11H2,1-2H3,(H,18,20)(H,19,21). The maximum atomic E-state index is 11.7. The third-order valence-electron chi connectivity index (χ3n) is 3.66. The molecule has 23 heavy (non-hydrogen) atoms. The molecular formula is C17H24N2O4. The summed E-state index contributed by atoms with van der Waals surface area (Å²) in [6.45, 7) is 5.31. The van der Waals surface area contributed by atoms with Gasteiger partial charge < -0.3 is 20.1 Å². The predicted molar refractivity (Wildman–Crippen MR) is 86.4 cm³/mol. The first-order valence-electron chi connectivity index (χ1n) is 7.92. The fraction of sp³-hybridized carbons (Fsp3) is 0.529. The molecule has 1 fully saturated rings. The fourth-order valence-electron chi connectivity index (χ4n) is 2.44. The normalized spacial score (nSPS) is 16.9. The molecule has 1 heterocycles. The van der Waals surface area contributed by atoms with E-state index in [9.17, 15) is 9.59 Å². The van der Waals surface area contributed by atoms with Gasteiger partial charge in [-0.2, -0.15) is 0 Å². The molecule has 1 aromatic carbocycles. The minimum atomic E-state index is -0.335. The van der Waals surface area contributed by atoms with Crippen molar-refractivity contribution in [3.63, 3.8) is 0 Å². The summed E-state index contributed by atoms with van der Waals surface area (Å²) >= 11 is 0. The topological polar surface area (TPSA) is 76.7 Å². The Morgan fingerprint density at radius 1 is 1.26 bits per heavy atom. The maximum Gasteiger partial charge on any atom is 0.258 e. The van der Waals surface area contributed by atoms with Crippen molar-refractivity contribution < 1.29 is 19.1 Å². The van der Waals surface area contributed by atoms with Crippen molar-refractivity contribution in [1.82, 2.24) is 10.6 Å². The summed E-state index contributed by atoms with van der Waals surface area (Å²) in [6.07, 6.45) is 1.35. The molecule has 2 N–H and O–H groups in total. The summed E-state index contributed by atoms with van der Waals surface area (Å²) in [5, 5.41) is 5.46. The average molecular weight is 320 g/mol. The predicted octanol–water partition coefficient (Wildman–Crippen LogP) is 1.09. The van der Waals surface area contributed by atoms with Crippen LogP contribution in [0.4, 0.5) is 0 Å². The van der Waals surface area contributed by atoms with Gasteiger partial charge in [0.2, 0.25) is 5.91 Å². The number of carbonyl (C=O) groups excluding carboxylic acids is 2. The molecule has 0 aromatic heterocycles. The largest absolute Gasteiger partial charge is 0.484 e. The van der Waals surface area contributed by atoms with E-state index < -0.39 is 0 Å². The highest BCUT2D eigenvalue weighted by Gasteiger charge is 2.22. The molecule has 2 amide bonds. The van der Waals surface area contributed by atoms with E-state index in [0.29, 0.717) is 25.4 Å². The van der Waals surface area contributed by atoms with Crippen LogP contribution in [0.1, 0.15) is 24.0 Å². The van der Waals surface area contributed by atoms with Gasteiger partial charge in [0.15, 0.2) is 6.61 Å². The van der Waals surface area contributed by atoms with Crippen molar-refractivity contribution in [3.05, 3.63) is 29.3 Å². The van der Waals surface area contributed by atoms with Crippen molar-refractivity contribution >= 4 is 11.8 Å². The van der Waals surface area contributed by atoms with Crippen LogP contribution in [0.2, 0.25) is 0 Å². The van der Waals surface area contributed by atoms with Crippen LogP contribution in [0.3, 0.4) is 0 Å². The molecule has 126 valence electrons. The Balaban J connectivity index is 1.60. The second kappa shape index (κ2) is 8.53. The van der Waals surface area contributed by atoms with Gasteiger partial charge in [-0.25, -0.2) is 0 Å². The van der Waals surface area contributed by atoms with Crippen molar-refractivity contribution in [2.45, 2.75) is 32.8 Å². The molecule has 0 spiro atoms. The van der Waals surface area contributed by atoms with Crippen LogP contribution in [-0.4, -0.2) is 44.2 Å². The number of aryl methyl sites for hydroxylation is 2. The molecule has 1 atom stereocenters.